The van der Waals surface area contributed by atoms with Crippen LogP contribution in [0.4, 0.5) is 5.13 Å². The maximum atomic E-state index is 12.3. The molecule has 2 rings (SSSR count). The predicted molar refractivity (Wildman–Crippen MR) is 88.4 cm³/mol. The van der Waals surface area contributed by atoms with E-state index in [9.17, 15) is 9.59 Å². The third-order valence-electron chi connectivity index (χ3n) is 2.83. The lowest BCUT2D eigenvalue weighted by Gasteiger charge is -2.16. The molecule has 2 N–H and O–H groups in total. The van der Waals surface area contributed by atoms with Crippen LogP contribution in [-0.4, -0.2) is 34.8 Å². The summed E-state index contributed by atoms with van der Waals surface area (Å²) in [7, 11) is 0. The molecule has 118 valence electrons. The van der Waals surface area contributed by atoms with Gasteiger partial charge in [0.05, 0.1) is 12.0 Å². The molecule has 0 fully saturated rings. The van der Waals surface area contributed by atoms with E-state index in [-0.39, 0.29) is 11.7 Å². The average molecular weight is 339 g/mol. The summed E-state index contributed by atoms with van der Waals surface area (Å²) >= 11 is 2.97. The van der Waals surface area contributed by atoms with Gasteiger partial charge in [-0.05, 0) is 37.5 Å². The molecule has 2 aromatic rings. The van der Waals surface area contributed by atoms with E-state index in [4.69, 9.17) is 4.42 Å². The van der Waals surface area contributed by atoms with Crippen LogP contribution >= 0.6 is 23.1 Å². The molecule has 8 heteroatoms. The van der Waals surface area contributed by atoms with Crippen molar-refractivity contribution in [2.45, 2.75) is 19.4 Å². The van der Waals surface area contributed by atoms with Crippen LogP contribution in [0.2, 0.25) is 0 Å². The Labute approximate surface area is 136 Å². The second-order valence-corrected chi connectivity index (χ2v) is 6.41. The Morgan fingerprint density at radius 1 is 1.50 bits per heavy atom. The lowest BCUT2D eigenvalue weighted by molar-refractivity contribution is -0.118. The molecule has 0 unspecified atom stereocenters. The summed E-state index contributed by atoms with van der Waals surface area (Å²) in [5.41, 5.74) is 0.848. The number of hydrogen-bond donors (Lipinski definition) is 2. The van der Waals surface area contributed by atoms with Crippen molar-refractivity contribution in [2.75, 3.05) is 17.3 Å². The molecule has 2 aromatic heterocycles. The fourth-order valence-corrected chi connectivity index (χ4v) is 2.91. The highest BCUT2D eigenvalue weighted by atomic mass is 32.2. The number of aryl methyl sites for hydroxylation is 1. The van der Waals surface area contributed by atoms with E-state index in [1.165, 1.54) is 17.6 Å². The minimum Gasteiger partial charge on any atom is -0.459 e. The summed E-state index contributed by atoms with van der Waals surface area (Å²) < 4.78 is 5.04. The number of furan rings is 1. The first-order chi connectivity index (χ1) is 10.6. The molecule has 0 aromatic carbocycles. The number of nitrogens with one attached hydrogen (secondary N) is 2. The van der Waals surface area contributed by atoms with E-state index in [2.05, 4.69) is 15.6 Å². The predicted octanol–water partition coefficient (Wildman–Crippen LogP) is 2.53. The molecule has 0 radical (unpaired) electrons. The summed E-state index contributed by atoms with van der Waals surface area (Å²) in [5, 5.41) is 7.82. The molecule has 0 spiro atoms. The molecule has 0 bridgehead atoms. The summed E-state index contributed by atoms with van der Waals surface area (Å²) in [6.07, 6.45) is 3.90. The molecule has 0 saturated carbocycles. The molecule has 1 atom stereocenters. The first kappa shape index (κ1) is 16.6. The van der Waals surface area contributed by atoms with Crippen LogP contribution in [0.1, 0.15) is 22.7 Å². The van der Waals surface area contributed by atoms with E-state index in [1.54, 1.807) is 23.9 Å². The van der Waals surface area contributed by atoms with Crippen molar-refractivity contribution >= 4 is 40.0 Å². The van der Waals surface area contributed by atoms with Crippen molar-refractivity contribution < 1.29 is 14.0 Å². The summed E-state index contributed by atoms with van der Waals surface area (Å²) in [6, 6.07) is 2.56. The Hall–Kier alpha value is -1.80. The molecule has 2 heterocycles. The summed E-state index contributed by atoms with van der Waals surface area (Å²) in [6.45, 7) is 1.86. The van der Waals surface area contributed by atoms with Gasteiger partial charge in [0.25, 0.3) is 5.91 Å². The molecule has 0 aliphatic heterocycles. The van der Waals surface area contributed by atoms with Crippen LogP contribution in [0.5, 0.6) is 0 Å². The number of thiazole rings is 1. The minimum absolute atomic E-state index is 0.187. The molecular formula is C14H17N3O3S2. The highest BCUT2D eigenvalue weighted by Gasteiger charge is 2.23. The number of rotatable bonds is 7. The van der Waals surface area contributed by atoms with Crippen molar-refractivity contribution in [1.29, 1.82) is 0 Å². The fourth-order valence-electron chi connectivity index (χ4n) is 1.75. The Kier molecular flexibility index (Phi) is 6.02. The second-order valence-electron chi connectivity index (χ2n) is 4.57. The van der Waals surface area contributed by atoms with Gasteiger partial charge in [-0.2, -0.15) is 11.8 Å². The SMILES string of the molecule is CSCC[C@H](NC(=O)c1ccco1)C(=O)Nc1nc(C)cs1. The standard InChI is InChI=1S/C14H17N3O3S2/c1-9-8-22-14(15-9)17-12(18)10(5-7-21-2)16-13(19)11-4-3-6-20-11/h3-4,6,8,10H,5,7H2,1-2H3,(H,16,19)(H,15,17,18)/t10-/m0/s1. The van der Waals surface area contributed by atoms with Gasteiger partial charge in [0.1, 0.15) is 6.04 Å². The maximum Gasteiger partial charge on any atom is 0.287 e. The van der Waals surface area contributed by atoms with Gasteiger partial charge < -0.3 is 15.1 Å². The topological polar surface area (TPSA) is 84.2 Å². The lowest BCUT2D eigenvalue weighted by Crippen LogP contribution is -2.44. The Morgan fingerprint density at radius 2 is 2.32 bits per heavy atom. The molecule has 6 nitrogen and oxygen atoms in total. The van der Waals surface area contributed by atoms with E-state index in [1.807, 2.05) is 18.6 Å². The van der Waals surface area contributed by atoms with Crippen molar-refractivity contribution in [3.63, 3.8) is 0 Å². The number of thioether (sulfide) groups is 1. The van der Waals surface area contributed by atoms with Crippen molar-refractivity contribution in [2.24, 2.45) is 0 Å². The van der Waals surface area contributed by atoms with Crippen molar-refractivity contribution in [3.05, 3.63) is 35.2 Å². The van der Waals surface area contributed by atoms with Gasteiger partial charge in [-0.1, -0.05) is 0 Å². The molecule has 0 saturated heterocycles. The number of carbonyl (C=O) groups is 2. The third kappa shape index (κ3) is 4.60. The monoisotopic (exact) mass is 339 g/mol. The van der Waals surface area contributed by atoms with Gasteiger partial charge in [0.15, 0.2) is 10.9 Å². The van der Waals surface area contributed by atoms with E-state index >= 15 is 0 Å². The fraction of sp³-hybridized carbons (Fsp3) is 0.357. The van der Waals surface area contributed by atoms with Gasteiger partial charge in [-0.25, -0.2) is 4.98 Å². The van der Waals surface area contributed by atoms with Crippen LogP contribution in [0.15, 0.2) is 28.2 Å². The van der Waals surface area contributed by atoms with Crippen LogP contribution < -0.4 is 10.6 Å². The van der Waals surface area contributed by atoms with Crippen LogP contribution in [0.25, 0.3) is 0 Å². The zero-order valence-corrected chi connectivity index (χ0v) is 13.9. The normalized spacial score (nSPS) is 11.9. The minimum atomic E-state index is -0.630. The van der Waals surface area contributed by atoms with Gasteiger partial charge in [-0.15, -0.1) is 11.3 Å². The van der Waals surface area contributed by atoms with Crippen molar-refractivity contribution in [1.82, 2.24) is 10.3 Å². The van der Waals surface area contributed by atoms with Gasteiger partial charge in [0, 0.05) is 5.38 Å². The highest BCUT2D eigenvalue weighted by Crippen LogP contribution is 2.15. The number of aromatic nitrogens is 1. The Balaban J connectivity index is 2.01. The van der Waals surface area contributed by atoms with E-state index in [0.717, 1.165) is 11.4 Å². The van der Waals surface area contributed by atoms with E-state index in [0.29, 0.717) is 11.6 Å². The Bertz CT molecular complexity index is 625. The molecule has 0 aliphatic carbocycles. The lowest BCUT2D eigenvalue weighted by atomic mass is 10.2. The quantitative estimate of drug-likeness (QED) is 0.810. The molecule has 2 amide bonds. The number of hydrogen-bond acceptors (Lipinski definition) is 6. The van der Waals surface area contributed by atoms with Gasteiger partial charge in [0.2, 0.25) is 5.91 Å². The van der Waals surface area contributed by atoms with Gasteiger partial charge >= 0.3 is 0 Å². The molecular weight excluding hydrogens is 322 g/mol. The third-order valence-corrected chi connectivity index (χ3v) is 4.35. The van der Waals surface area contributed by atoms with Crippen molar-refractivity contribution in [3.8, 4) is 0 Å². The smallest absolute Gasteiger partial charge is 0.287 e. The van der Waals surface area contributed by atoms with Crippen LogP contribution in [0.3, 0.4) is 0 Å². The molecule has 22 heavy (non-hydrogen) atoms. The van der Waals surface area contributed by atoms with E-state index < -0.39 is 11.9 Å². The Morgan fingerprint density at radius 3 is 2.91 bits per heavy atom. The van der Waals surface area contributed by atoms with Crippen LogP contribution in [-0.2, 0) is 4.79 Å². The number of amides is 2. The first-order valence-corrected chi connectivity index (χ1v) is 8.94. The second kappa shape index (κ2) is 8.00. The number of nitrogens with zero attached hydrogens (tertiary/aromatic N) is 1. The molecule has 0 aliphatic rings. The highest BCUT2D eigenvalue weighted by molar-refractivity contribution is 7.98. The largest absolute Gasteiger partial charge is 0.459 e. The maximum absolute atomic E-state index is 12.3. The number of anilines is 1. The summed E-state index contributed by atoms with van der Waals surface area (Å²) in [4.78, 5) is 28.6. The zero-order valence-electron chi connectivity index (χ0n) is 12.3. The average Bonchev–Trinajstić information content (AvgIpc) is 3.15. The van der Waals surface area contributed by atoms with Gasteiger partial charge in [-0.3, -0.25) is 9.59 Å². The van der Waals surface area contributed by atoms with Crippen LogP contribution in [0, 0.1) is 6.92 Å². The number of carbonyl (C=O) groups excluding carboxylic acids is 2. The zero-order chi connectivity index (χ0) is 15.9. The summed E-state index contributed by atoms with van der Waals surface area (Å²) in [5.74, 6) is 0.268. The first-order valence-electron chi connectivity index (χ1n) is 6.66.